The van der Waals surface area contributed by atoms with Crippen molar-refractivity contribution in [3.8, 4) is 0 Å². The molecule has 0 unspecified atom stereocenters. The molecule has 0 aromatic heterocycles. The van der Waals surface area contributed by atoms with Gasteiger partial charge in [0.25, 0.3) is 0 Å². The quantitative estimate of drug-likeness (QED) is 0.154. The molecule has 0 amide bonds. The first kappa shape index (κ1) is 32.3. The topological polar surface area (TPSA) is 18.5 Å². The molecule has 2 aromatic rings. The molecule has 2 aliphatic rings. The van der Waals surface area contributed by atoms with Crippen LogP contribution in [0.1, 0.15) is 119 Å². The molecule has 0 saturated carbocycles. The molecule has 42 heavy (non-hydrogen) atoms. The third-order valence-electron chi connectivity index (χ3n) is 8.54. The summed E-state index contributed by atoms with van der Waals surface area (Å²) in [7, 11) is 0. The summed E-state index contributed by atoms with van der Waals surface area (Å²) in [4.78, 5) is 0. The van der Waals surface area contributed by atoms with E-state index >= 15 is 8.78 Å². The summed E-state index contributed by atoms with van der Waals surface area (Å²) in [5, 5.41) is 0. The van der Waals surface area contributed by atoms with Crippen LogP contribution in [0, 0.1) is 17.5 Å². The van der Waals surface area contributed by atoms with Crippen molar-refractivity contribution in [1.29, 1.82) is 0 Å². The molecule has 1 aliphatic carbocycles. The van der Waals surface area contributed by atoms with E-state index in [2.05, 4.69) is 13.0 Å². The van der Waals surface area contributed by atoms with Crippen LogP contribution in [0.25, 0.3) is 5.57 Å². The fourth-order valence-corrected chi connectivity index (χ4v) is 5.92. The Labute approximate surface area is 250 Å². The zero-order chi connectivity index (χ0) is 29.7. The number of unbranched alkanes of at least 4 members (excludes halogenated alkanes) is 7. The molecule has 0 spiro atoms. The highest BCUT2D eigenvalue weighted by atomic mass is 19.2. The average Bonchev–Trinajstić information content (AvgIpc) is 3.01. The van der Waals surface area contributed by atoms with Crippen molar-refractivity contribution in [1.82, 2.24) is 0 Å². The second-order valence-electron chi connectivity index (χ2n) is 11.7. The number of allylic oxidation sites excluding steroid dienone is 6. The summed E-state index contributed by atoms with van der Waals surface area (Å²) >= 11 is 0. The maximum Gasteiger partial charge on any atom is 0.162 e. The zero-order valence-electron chi connectivity index (χ0n) is 25.4. The third kappa shape index (κ3) is 8.94. The van der Waals surface area contributed by atoms with Gasteiger partial charge >= 0.3 is 0 Å². The van der Waals surface area contributed by atoms with Crippen LogP contribution in [-0.2, 0) is 15.9 Å². The second-order valence-corrected chi connectivity index (χ2v) is 11.7. The Bertz CT molecular complexity index is 1220. The van der Waals surface area contributed by atoms with Crippen LogP contribution in [0.15, 0.2) is 60.7 Å². The monoisotopic (exact) mass is 580 g/mol. The summed E-state index contributed by atoms with van der Waals surface area (Å²) in [6, 6.07) is 8.75. The molecule has 4 rings (SSSR count). The number of halogens is 3. The Kier molecular flexibility index (Phi) is 13.0. The molecule has 228 valence electrons. The van der Waals surface area contributed by atoms with Gasteiger partial charge in [-0.2, -0.15) is 0 Å². The molecule has 5 heteroatoms. The highest BCUT2D eigenvalue weighted by Crippen LogP contribution is 2.35. The highest BCUT2D eigenvalue weighted by molar-refractivity contribution is 5.75. The number of hydrogen-bond acceptors (Lipinski definition) is 2. The van der Waals surface area contributed by atoms with E-state index in [0.29, 0.717) is 42.7 Å². The van der Waals surface area contributed by atoms with E-state index in [0.717, 1.165) is 43.2 Å². The molecule has 0 radical (unpaired) electrons. The smallest absolute Gasteiger partial charge is 0.162 e. The molecular weight excluding hydrogens is 533 g/mol. The fourth-order valence-electron chi connectivity index (χ4n) is 5.92. The van der Waals surface area contributed by atoms with Crippen LogP contribution in [0.5, 0.6) is 0 Å². The predicted octanol–water partition coefficient (Wildman–Crippen LogP) is 10.7. The SMILES string of the molecule is C/C=C/CCC1OCC(c2ccc(C3=CC[C@H](c4ccc(CCCCCCCCCC)c(F)c4F)C=C3)cc2F)CO1. The van der Waals surface area contributed by atoms with E-state index in [-0.39, 0.29) is 23.9 Å². The molecular formula is C37H47F3O2. The fraction of sp³-hybridized carbons (Fsp3) is 0.514. The molecule has 0 bridgehead atoms. The maximum absolute atomic E-state index is 15.1. The Morgan fingerprint density at radius 2 is 1.57 bits per heavy atom. The number of hydrogen-bond donors (Lipinski definition) is 0. The largest absolute Gasteiger partial charge is 0.352 e. The average molecular weight is 581 g/mol. The second kappa shape index (κ2) is 16.9. The first-order valence-electron chi connectivity index (χ1n) is 16.0. The van der Waals surface area contributed by atoms with Gasteiger partial charge in [0.05, 0.1) is 13.2 Å². The molecule has 1 atom stereocenters. The minimum Gasteiger partial charge on any atom is -0.352 e. The van der Waals surface area contributed by atoms with Crippen molar-refractivity contribution in [2.24, 2.45) is 0 Å². The number of rotatable bonds is 15. The van der Waals surface area contributed by atoms with Crippen LogP contribution < -0.4 is 0 Å². The lowest BCUT2D eigenvalue weighted by Gasteiger charge is -2.30. The van der Waals surface area contributed by atoms with Crippen molar-refractivity contribution in [2.45, 2.75) is 109 Å². The highest BCUT2D eigenvalue weighted by Gasteiger charge is 2.26. The van der Waals surface area contributed by atoms with E-state index < -0.39 is 11.6 Å². The van der Waals surface area contributed by atoms with Gasteiger partial charge in [-0.05, 0) is 66.5 Å². The van der Waals surface area contributed by atoms with Gasteiger partial charge in [-0.15, -0.1) is 0 Å². The number of ether oxygens (including phenoxy) is 2. The maximum atomic E-state index is 15.1. The van der Waals surface area contributed by atoms with Gasteiger partial charge in [-0.3, -0.25) is 0 Å². The summed E-state index contributed by atoms with van der Waals surface area (Å²) in [6.07, 6.45) is 21.8. The Hall–Kier alpha value is -2.63. The van der Waals surface area contributed by atoms with Crippen LogP contribution in [0.4, 0.5) is 13.2 Å². The molecule has 2 nitrogen and oxygen atoms in total. The normalized spacial score (nSPS) is 20.8. The van der Waals surface area contributed by atoms with Crippen molar-refractivity contribution >= 4 is 5.57 Å². The first-order chi connectivity index (χ1) is 20.5. The van der Waals surface area contributed by atoms with E-state index in [1.807, 2.05) is 43.4 Å². The van der Waals surface area contributed by atoms with Crippen molar-refractivity contribution < 1.29 is 22.6 Å². The predicted molar refractivity (Wildman–Crippen MR) is 166 cm³/mol. The van der Waals surface area contributed by atoms with Gasteiger partial charge in [-0.25, -0.2) is 13.2 Å². The van der Waals surface area contributed by atoms with E-state index in [9.17, 15) is 4.39 Å². The Balaban J connectivity index is 1.28. The summed E-state index contributed by atoms with van der Waals surface area (Å²) in [6.45, 7) is 5.06. The Morgan fingerprint density at radius 1 is 0.857 bits per heavy atom. The minimum absolute atomic E-state index is 0.145. The zero-order valence-corrected chi connectivity index (χ0v) is 25.4. The lowest BCUT2D eigenvalue weighted by atomic mass is 9.86. The molecule has 1 heterocycles. The third-order valence-corrected chi connectivity index (χ3v) is 8.54. The first-order valence-corrected chi connectivity index (χ1v) is 16.0. The molecule has 1 aliphatic heterocycles. The summed E-state index contributed by atoms with van der Waals surface area (Å²) < 4.78 is 56.8. The van der Waals surface area contributed by atoms with Gasteiger partial charge in [-0.1, -0.05) is 107 Å². The van der Waals surface area contributed by atoms with Gasteiger partial charge in [0.2, 0.25) is 0 Å². The molecule has 1 fully saturated rings. The number of aryl methyl sites for hydroxylation is 1. The lowest BCUT2D eigenvalue weighted by molar-refractivity contribution is -0.189. The van der Waals surface area contributed by atoms with E-state index in [1.54, 1.807) is 18.2 Å². The van der Waals surface area contributed by atoms with Crippen LogP contribution >= 0.6 is 0 Å². The van der Waals surface area contributed by atoms with Crippen LogP contribution in [-0.4, -0.2) is 19.5 Å². The van der Waals surface area contributed by atoms with Gasteiger partial charge in [0.15, 0.2) is 17.9 Å². The van der Waals surface area contributed by atoms with Crippen LogP contribution in [0.2, 0.25) is 0 Å². The number of benzene rings is 2. The summed E-state index contributed by atoms with van der Waals surface area (Å²) in [5.41, 5.74) is 3.08. The lowest BCUT2D eigenvalue weighted by Crippen LogP contribution is -2.31. The minimum atomic E-state index is -0.741. The van der Waals surface area contributed by atoms with E-state index in [1.165, 1.54) is 32.1 Å². The van der Waals surface area contributed by atoms with Crippen LogP contribution in [0.3, 0.4) is 0 Å². The molecule has 1 saturated heterocycles. The van der Waals surface area contributed by atoms with Crippen molar-refractivity contribution in [2.75, 3.05) is 13.2 Å². The molecule has 2 aromatic carbocycles. The van der Waals surface area contributed by atoms with Gasteiger partial charge in [0.1, 0.15) is 5.82 Å². The van der Waals surface area contributed by atoms with Crippen molar-refractivity contribution in [3.05, 3.63) is 100 Å². The van der Waals surface area contributed by atoms with Crippen molar-refractivity contribution in [3.63, 3.8) is 0 Å². The molecule has 0 N–H and O–H groups in total. The Morgan fingerprint density at radius 3 is 2.24 bits per heavy atom. The standard InChI is InChI=1S/C37H47F3O2/c1-3-5-7-8-9-10-11-13-14-29-20-23-33(37(40)36(29)39)28-18-16-27(17-19-28)30-21-22-32(34(38)24-30)31-25-41-35(42-26-31)15-12-6-4-2/h4,6,16-18,20-24,28,31,35H,3,5,7-15,19,25-26H2,1-2H3/b6-4+/t28-,31?,35?/m1/s1. The van der Waals surface area contributed by atoms with Gasteiger partial charge in [0, 0.05) is 18.3 Å². The summed E-state index contributed by atoms with van der Waals surface area (Å²) in [5.74, 6) is -2.13. The van der Waals surface area contributed by atoms with E-state index in [4.69, 9.17) is 9.47 Å². The van der Waals surface area contributed by atoms with Gasteiger partial charge < -0.3 is 9.47 Å².